The molecule has 1 amide bonds. The molecule has 5 nitrogen and oxygen atoms in total. The fraction of sp³-hybridized carbons (Fsp3) is 0.375. The van der Waals surface area contributed by atoms with Crippen molar-refractivity contribution in [3.05, 3.63) is 36.0 Å². The lowest BCUT2D eigenvalue weighted by Crippen LogP contribution is -2.42. The summed E-state index contributed by atoms with van der Waals surface area (Å²) in [6.07, 6.45) is 3.54. The van der Waals surface area contributed by atoms with Crippen LogP contribution in [0.25, 0.3) is 10.9 Å². The maximum Gasteiger partial charge on any atom is 0.326 e. The molecule has 0 aliphatic rings. The molecule has 5 heteroatoms. The van der Waals surface area contributed by atoms with E-state index in [0.29, 0.717) is 12.8 Å². The van der Waals surface area contributed by atoms with Crippen molar-refractivity contribution >= 4 is 22.8 Å². The quantitative estimate of drug-likeness (QED) is 0.685. The van der Waals surface area contributed by atoms with E-state index in [9.17, 15) is 14.7 Å². The van der Waals surface area contributed by atoms with Crippen molar-refractivity contribution in [1.82, 2.24) is 10.3 Å². The number of carboxylic acids is 1. The van der Waals surface area contributed by atoms with E-state index in [4.69, 9.17) is 1.37 Å². The third-order valence-corrected chi connectivity index (χ3v) is 3.39. The Balaban J connectivity index is 2.03. The predicted octanol–water partition coefficient (Wildman–Crippen LogP) is 2.47. The minimum atomic E-state index is -1.04. The molecule has 3 N–H and O–H groups in total. The number of aromatic nitrogens is 1. The zero-order valence-electron chi connectivity index (χ0n) is 12.8. The van der Waals surface area contributed by atoms with Crippen LogP contribution >= 0.6 is 0 Å². The van der Waals surface area contributed by atoms with E-state index in [-0.39, 0.29) is 25.6 Å². The summed E-state index contributed by atoms with van der Waals surface area (Å²) in [5.41, 5.74) is 1.82. The largest absolute Gasteiger partial charge is 0.480 e. The number of aromatic amines is 1. The van der Waals surface area contributed by atoms with Crippen molar-refractivity contribution < 1.29 is 16.1 Å². The summed E-state index contributed by atoms with van der Waals surface area (Å²) in [4.78, 5) is 26.3. The number of para-hydroxylation sites is 1. The third kappa shape index (κ3) is 3.84. The van der Waals surface area contributed by atoms with E-state index in [1.165, 1.54) is 0 Å². The standard InChI is InChI=1S/C16H20N2O3/c1-2-3-8-15(19)18-14(16(20)21)9-11-10-17-13-7-5-4-6-12(11)13/h4-7,10,14,17H,2-3,8-9H2,1H3,(H,18,19)(H,20,21)/t14-/m0/s1/i1D. The molecule has 1 aromatic heterocycles. The predicted molar refractivity (Wildman–Crippen MR) is 81.1 cm³/mol. The van der Waals surface area contributed by atoms with E-state index in [1.807, 2.05) is 24.3 Å². The van der Waals surface area contributed by atoms with Crippen LogP contribution < -0.4 is 5.32 Å². The Bertz CT molecular complexity index is 654. The van der Waals surface area contributed by atoms with Gasteiger partial charge in [0, 0.05) is 31.3 Å². The molecule has 0 radical (unpaired) electrons. The van der Waals surface area contributed by atoms with Gasteiger partial charge in [-0.15, -0.1) is 0 Å². The molecular weight excluding hydrogens is 268 g/mol. The number of hydrogen-bond acceptors (Lipinski definition) is 2. The van der Waals surface area contributed by atoms with Crippen LogP contribution in [0, 0.1) is 0 Å². The first-order chi connectivity index (χ1) is 10.6. The van der Waals surface area contributed by atoms with Crippen LogP contribution in [0.1, 0.15) is 33.1 Å². The molecule has 2 aromatic rings. The highest BCUT2D eigenvalue weighted by Gasteiger charge is 2.21. The van der Waals surface area contributed by atoms with E-state index < -0.39 is 12.0 Å². The maximum absolute atomic E-state index is 11.8. The molecule has 2 rings (SSSR count). The summed E-state index contributed by atoms with van der Waals surface area (Å²) in [5, 5.41) is 12.8. The Morgan fingerprint density at radius 2 is 2.24 bits per heavy atom. The fourth-order valence-corrected chi connectivity index (χ4v) is 2.27. The van der Waals surface area contributed by atoms with Crippen LogP contribution in [0.2, 0.25) is 0 Å². The van der Waals surface area contributed by atoms with Crippen molar-refractivity contribution in [3.8, 4) is 0 Å². The van der Waals surface area contributed by atoms with Gasteiger partial charge in [-0.1, -0.05) is 31.5 Å². The minimum Gasteiger partial charge on any atom is -0.480 e. The second kappa shape index (κ2) is 6.92. The molecule has 0 bridgehead atoms. The number of carbonyl (C=O) groups excluding carboxylic acids is 1. The van der Waals surface area contributed by atoms with Gasteiger partial charge in [0.2, 0.25) is 5.91 Å². The van der Waals surface area contributed by atoms with Gasteiger partial charge in [0.15, 0.2) is 0 Å². The van der Waals surface area contributed by atoms with Crippen LogP contribution in [0.3, 0.4) is 0 Å². The number of amides is 1. The van der Waals surface area contributed by atoms with Crippen LogP contribution in [0.5, 0.6) is 0 Å². The molecule has 21 heavy (non-hydrogen) atoms. The summed E-state index contributed by atoms with van der Waals surface area (Å²) in [7, 11) is 0. The summed E-state index contributed by atoms with van der Waals surface area (Å²) >= 11 is 0. The summed E-state index contributed by atoms with van der Waals surface area (Å²) < 4.78 is 7.03. The number of benzene rings is 1. The summed E-state index contributed by atoms with van der Waals surface area (Å²) in [6.45, 7) is 0.283. The van der Waals surface area contributed by atoms with Crippen molar-refractivity contribution in [2.24, 2.45) is 0 Å². The number of aliphatic carboxylic acids is 1. The Labute approximate surface area is 124 Å². The Kier molecular flexibility index (Phi) is 4.51. The Morgan fingerprint density at radius 3 is 3.00 bits per heavy atom. The number of carboxylic acid groups (broad SMARTS) is 1. The zero-order valence-corrected chi connectivity index (χ0v) is 11.8. The van der Waals surface area contributed by atoms with Gasteiger partial charge in [-0.25, -0.2) is 4.79 Å². The molecular formula is C16H20N2O3. The molecule has 0 fully saturated rings. The molecule has 0 saturated carbocycles. The number of unbranched alkanes of at least 4 members (excludes halogenated alkanes) is 1. The first kappa shape index (κ1) is 13.7. The van der Waals surface area contributed by atoms with Gasteiger partial charge in [0.25, 0.3) is 0 Å². The lowest BCUT2D eigenvalue weighted by Gasteiger charge is -2.14. The summed E-state index contributed by atoms with van der Waals surface area (Å²) in [5.74, 6) is -1.32. The van der Waals surface area contributed by atoms with Gasteiger partial charge in [-0.2, -0.15) is 0 Å². The first-order valence-electron chi connectivity index (χ1n) is 7.69. The molecule has 0 aliphatic heterocycles. The lowest BCUT2D eigenvalue weighted by atomic mass is 10.0. The molecule has 0 saturated heterocycles. The fourth-order valence-electron chi connectivity index (χ4n) is 2.27. The monoisotopic (exact) mass is 289 g/mol. The SMILES string of the molecule is [2H]CCCCC(=O)N[C@@H](Cc1c[nH]c2ccccc12)C(=O)O. The van der Waals surface area contributed by atoms with Crippen LogP contribution in [0.4, 0.5) is 0 Å². The molecule has 1 aromatic carbocycles. The van der Waals surface area contributed by atoms with Gasteiger partial charge < -0.3 is 15.4 Å². The number of H-pyrrole nitrogens is 1. The first-order valence-corrected chi connectivity index (χ1v) is 6.98. The highest BCUT2D eigenvalue weighted by Crippen LogP contribution is 2.19. The Morgan fingerprint density at radius 1 is 1.43 bits per heavy atom. The number of fused-ring (bicyclic) bond motifs is 1. The molecule has 1 heterocycles. The zero-order chi connectivity index (χ0) is 15.9. The number of rotatable bonds is 7. The Hall–Kier alpha value is -2.30. The molecule has 0 unspecified atom stereocenters. The average Bonchev–Trinajstić information content (AvgIpc) is 2.90. The summed E-state index contributed by atoms with van der Waals surface area (Å²) in [6, 6.07) is 6.72. The van der Waals surface area contributed by atoms with Crippen molar-refractivity contribution in [2.45, 2.75) is 38.6 Å². The molecule has 1 atom stereocenters. The van der Waals surface area contributed by atoms with Gasteiger partial charge in [0.1, 0.15) is 6.04 Å². The van der Waals surface area contributed by atoms with Crippen LogP contribution in [-0.4, -0.2) is 28.0 Å². The van der Waals surface area contributed by atoms with Gasteiger partial charge in [-0.3, -0.25) is 4.79 Å². The molecule has 0 aliphatic carbocycles. The third-order valence-electron chi connectivity index (χ3n) is 3.39. The number of carbonyl (C=O) groups is 2. The van der Waals surface area contributed by atoms with E-state index in [2.05, 4.69) is 10.3 Å². The van der Waals surface area contributed by atoms with Crippen LogP contribution in [-0.2, 0) is 16.0 Å². The van der Waals surface area contributed by atoms with Crippen molar-refractivity contribution in [1.29, 1.82) is 0 Å². The molecule has 112 valence electrons. The minimum absolute atomic E-state index is 0.240. The van der Waals surface area contributed by atoms with E-state index in [0.717, 1.165) is 16.5 Å². The van der Waals surface area contributed by atoms with Gasteiger partial charge in [-0.05, 0) is 18.1 Å². The van der Waals surface area contributed by atoms with Crippen molar-refractivity contribution in [2.75, 3.05) is 0 Å². The second-order valence-corrected chi connectivity index (χ2v) is 4.98. The maximum atomic E-state index is 11.8. The van der Waals surface area contributed by atoms with E-state index >= 15 is 0 Å². The average molecular weight is 289 g/mol. The smallest absolute Gasteiger partial charge is 0.326 e. The number of nitrogens with one attached hydrogen (secondary N) is 2. The van der Waals surface area contributed by atoms with Gasteiger partial charge in [0.05, 0.1) is 0 Å². The molecule has 0 spiro atoms. The topological polar surface area (TPSA) is 82.2 Å². The van der Waals surface area contributed by atoms with Gasteiger partial charge >= 0.3 is 5.97 Å². The van der Waals surface area contributed by atoms with Crippen molar-refractivity contribution in [3.63, 3.8) is 0 Å². The normalized spacial score (nSPS) is 12.9. The lowest BCUT2D eigenvalue weighted by molar-refractivity contribution is -0.141. The van der Waals surface area contributed by atoms with Crippen LogP contribution in [0.15, 0.2) is 30.5 Å². The second-order valence-electron chi connectivity index (χ2n) is 4.98. The highest BCUT2D eigenvalue weighted by atomic mass is 16.4. The van der Waals surface area contributed by atoms with E-state index in [1.54, 1.807) is 6.20 Å². The number of hydrogen-bond donors (Lipinski definition) is 3. The highest BCUT2D eigenvalue weighted by molar-refractivity contribution is 5.86.